The fourth-order valence-corrected chi connectivity index (χ4v) is 3.50. The van der Waals surface area contributed by atoms with E-state index in [1.54, 1.807) is 29.2 Å². The molecule has 9 heteroatoms. The molecule has 0 radical (unpaired) electrons. The maximum absolute atomic E-state index is 12.2. The fourth-order valence-electron chi connectivity index (χ4n) is 2.57. The molecule has 1 N–H and O–H groups in total. The fraction of sp³-hybridized carbons (Fsp3) is 0.500. The summed E-state index contributed by atoms with van der Waals surface area (Å²) in [6, 6.07) is 6.45. The Morgan fingerprint density at radius 3 is 2.32 bits per heavy atom. The minimum absolute atomic E-state index is 0.0640. The summed E-state index contributed by atoms with van der Waals surface area (Å²) in [6.45, 7) is 3.53. The molecule has 25 heavy (non-hydrogen) atoms. The lowest BCUT2D eigenvalue weighted by Crippen LogP contribution is -2.42. The molecule has 0 unspecified atom stereocenters. The molecule has 138 valence electrons. The molecule has 0 spiro atoms. The first kappa shape index (κ1) is 19.2. The number of hydrogen-bond acceptors (Lipinski definition) is 5. The molecule has 1 saturated heterocycles. The zero-order valence-corrected chi connectivity index (χ0v) is 15.2. The van der Waals surface area contributed by atoms with Gasteiger partial charge >= 0.3 is 0 Å². The van der Waals surface area contributed by atoms with Crippen molar-refractivity contribution >= 4 is 33.2 Å². The van der Waals surface area contributed by atoms with Gasteiger partial charge in [0.2, 0.25) is 21.8 Å². The van der Waals surface area contributed by atoms with Gasteiger partial charge in [0.15, 0.2) is 0 Å². The minimum atomic E-state index is -3.53. The number of nitrogens with zero attached hydrogens (tertiary/aromatic N) is 2. The summed E-state index contributed by atoms with van der Waals surface area (Å²) in [5.74, 6) is -0.296. The van der Waals surface area contributed by atoms with Crippen LogP contribution in [0.15, 0.2) is 24.3 Å². The smallest absolute Gasteiger partial charge is 0.232 e. The molecule has 2 amide bonds. The van der Waals surface area contributed by atoms with E-state index in [0.717, 1.165) is 6.26 Å². The van der Waals surface area contributed by atoms with Crippen LogP contribution in [0.5, 0.6) is 0 Å². The van der Waals surface area contributed by atoms with Crippen molar-refractivity contribution in [1.29, 1.82) is 0 Å². The summed E-state index contributed by atoms with van der Waals surface area (Å²) in [5, 5.41) is 2.62. The molecule has 1 aromatic carbocycles. The molecule has 1 aliphatic heterocycles. The highest BCUT2D eigenvalue weighted by Crippen LogP contribution is 2.21. The Morgan fingerprint density at radius 2 is 1.80 bits per heavy atom. The first-order valence-corrected chi connectivity index (χ1v) is 9.83. The van der Waals surface area contributed by atoms with Gasteiger partial charge < -0.3 is 15.0 Å². The second kappa shape index (κ2) is 8.30. The number of rotatable bonds is 6. The molecule has 0 aromatic heterocycles. The van der Waals surface area contributed by atoms with Crippen LogP contribution in [-0.4, -0.2) is 64.2 Å². The highest BCUT2D eigenvalue weighted by atomic mass is 32.2. The van der Waals surface area contributed by atoms with E-state index in [4.69, 9.17) is 4.74 Å². The van der Waals surface area contributed by atoms with Gasteiger partial charge in [-0.1, -0.05) is 0 Å². The predicted molar refractivity (Wildman–Crippen MR) is 95.0 cm³/mol. The van der Waals surface area contributed by atoms with Crippen molar-refractivity contribution in [2.45, 2.75) is 13.3 Å². The van der Waals surface area contributed by atoms with Crippen LogP contribution in [0.4, 0.5) is 11.4 Å². The van der Waals surface area contributed by atoms with Gasteiger partial charge in [0.1, 0.15) is 0 Å². The Bertz CT molecular complexity index is 712. The van der Waals surface area contributed by atoms with E-state index in [2.05, 4.69) is 5.32 Å². The molecule has 1 fully saturated rings. The maximum Gasteiger partial charge on any atom is 0.232 e. The monoisotopic (exact) mass is 369 g/mol. The van der Waals surface area contributed by atoms with Gasteiger partial charge in [-0.05, 0) is 24.3 Å². The van der Waals surface area contributed by atoms with E-state index >= 15 is 0 Å². The molecule has 0 bridgehead atoms. The number of carbonyl (C=O) groups is 2. The van der Waals surface area contributed by atoms with Gasteiger partial charge in [-0.15, -0.1) is 0 Å². The zero-order chi connectivity index (χ0) is 18.4. The van der Waals surface area contributed by atoms with Gasteiger partial charge in [-0.3, -0.25) is 13.9 Å². The van der Waals surface area contributed by atoms with E-state index in [0.29, 0.717) is 37.7 Å². The van der Waals surface area contributed by atoms with Crippen LogP contribution < -0.4 is 9.62 Å². The summed E-state index contributed by atoms with van der Waals surface area (Å²) in [7, 11) is -3.53. The van der Waals surface area contributed by atoms with Crippen molar-refractivity contribution in [2.24, 2.45) is 0 Å². The van der Waals surface area contributed by atoms with E-state index < -0.39 is 10.0 Å². The molecule has 1 aliphatic rings. The van der Waals surface area contributed by atoms with Gasteiger partial charge in [-0.25, -0.2) is 8.42 Å². The van der Waals surface area contributed by atoms with Crippen LogP contribution in [0.25, 0.3) is 0 Å². The van der Waals surface area contributed by atoms with Gasteiger partial charge in [0, 0.05) is 38.7 Å². The summed E-state index contributed by atoms with van der Waals surface area (Å²) in [6.07, 6.45) is 1.20. The lowest BCUT2D eigenvalue weighted by atomic mass is 10.2. The van der Waals surface area contributed by atoms with Crippen molar-refractivity contribution in [2.75, 3.05) is 48.7 Å². The van der Waals surface area contributed by atoms with Crippen molar-refractivity contribution in [3.05, 3.63) is 24.3 Å². The van der Waals surface area contributed by atoms with Crippen LogP contribution in [0.3, 0.4) is 0 Å². The van der Waals surface area contributed by atoms with Crippen LogP contribution in [0.1, 0.15) is 13.3 Å². The SMILES string of the molecule is CC(=O)Nc1ccc(N(CCC(=O)N2CCOCC2)S(C)(=O)=O)cc1. The van der Waals surface area contributed by atoms with Crippen molar-refractivity contribution in [3.8, 4) is 0 Å². The molecule has 8 nitrogen and oxygen atoms in total. The number of carbonyl (C=O) groups excluding carboxylic acids is 2. The third-order valence-corrected chi connectivity index (χ3v) is 4.96. The molecule has 2 rings (SSSR count). The molecular formula is C16H23N3O5S. The molecule has 0 atom stereocenters. The van der Waals surface area contributed by atoms with Crippen LogP contribution in [0.2, 0.25) is 0 Å². The summed E-state index contributed by atoms with van der Waals surface area (Å²) in [4.78, 5) is 25.0. The number of anilines is 2. The average Bonchev–Trinajstić information content (AvgIpc) is 2.55. The number of morpholine rings is 1. The Balaban J connectivity index is 2.06. The standard InChI is InChI=1S/C16H23N3O5S/c1-13(20)17-14-3-5-15(6-4-14)19(25(2,22)23)8-7-16(21)18-9-11-24-12-10-18/h3-6H,7-12H2,1-2H3,(H,17,20). The second-order valence-corrected chi connectivity index (χ2v) is 7.71. The molecule has 1 heterocycles. The number of ether oxygens (including phenoxy) is 1. The quantitative estimate of drug-likeness (QED) is 0.795. The first-order chi connectivity index (χ1) is 11.8. The summed E-state index contributed by atoms with van der Waals surface area (Å²) >= 11 is 0. The van der Waals surface area contributed by atoms with Crippen LogP contribution in [-0.2, 0) is 24.3 Å². The topological polar surface area (TPSA) is 96.0 Å². The highest BCUT2D eigenvalue weighted by molar-refractivity contribution is 7.92. The van der Waals surface area contributed by atoms with E-state index in [9.17, 15) is 18.0 Å². The number of amides is 2. The first-order valence-electron chi connectivity index (χ1n) is 7.98. The van der Waals surface area contributed by atoms with Gasteiger partial charge in [-0.2, -0.15) is 0 Å². The van der Waals surface area contributed by atoms with Gasteiger partial charge in [0.05, 0.1) is 25.2 Å². The van der Waals surface area contributed by atoms with Crippen molar-refractivity contribution in [3.63, 3.8) is 0 Å². The largest absolute Gasteiger partial charge is 0.378 e. The summed E-state index contributed by atoms with van der Waals surface area (Å²) in [5.41, 5.74) is 1.03. The number of benzene rings is 1. The normalized spacial score (nSPS) is 14.9. The predicted octanol–water partition coefficient (Wildman–Crippen LogP) is 0.660. The number of nitrogens with one attached hydrogen (secondary N) is 1. The third-order valence-electron chi connectivity index (χ3n) is 3.77. The Morgan fingerprint density at radius 1 is 1.20 bits per heavy atom. The van der Waals surface area contributed by atoms with Crippen molar-refractivity contribution in [1.82, 2.24) is 4.90 Å². The number of hydrogen-bond donors (Lipinski definition) is 1. The summed E-state index contributed by atoms with van der Waals surface area (Å²) < 4.78 is 30.6. The second-order valence-electron chi connectivity index (χ2n) is 5.81. The van der Waals surface area contributed by atoms with Crippen LogP contribution >= 0.6 is 0 Å². The van der Waals surface area contributed by atoms with E-state index in [-0.39, 0.29) is 24.8 Å². The van der Waals surface area contributed by atoms with E-state index in [1.165, 1.54) is 11.2 Å². The molecule has 0 aliphatic carbocycles. The molecule has 1 aromatic rings. The Labute approximate surface area is 147 Å². The molecule has 0 saturated carbocycles. The highest BCUT2D eigenvalue weighted by Gasteiger charge is 2.22. The van der Waals surface area contributed by atoms with E-state index in [1.807, 2.05) is 0 Å². The Kier molecular flexibility index (Phi) is 6.38. The average molecular weight is 369 g/mol. The maximum atomic E-state index is 12.2. The van der Waals surface area contributed by atoms with Crippen LogP contribution in [0, 0.1) is 0 Å². The van der Waals surface area contributed by atoms with Gasteiger partial charge in [0.25, 0.3) is 0 Å². The zero-order valence-electron chi connectivity index (χ0n) is 14.4. The molecular weight excluding hydrogens is 346 g/mol. The number of sulfonamides is 1. The minimum Gasteiger partial charge on any atom is -0.378 e. The third kappa shape index (κ3) is 5.71. The lowest BCUT2D eigenvalue weighted by molar-refractivity contribution is -0.135. The van der Waals surface area contributed by atoms with Crippen molar-refractivity contribution < 1.29 is 22.7 Å². The lowest BCUT2D eigenvalue weighted by Gasteiger charge is -2.28. The Hall–Kier alpha value is -2.13.